The maximum Gasteiger partial charge on any atom is 0.171 e. The van der Waals surface area contributed by atoms with Gasteiger partial charge in [-0.2, -0.15) is 0 Å². The van der Waals surface area contributed by atoms with Gasteiger partial charge in [-0.15, -0.1) is 0 Å². The molecule has 1 rings (SSSR count). The Balaban J connectivity index is 3.14. The lowest BCUT2D eigenvalue weighted by molar-refractivity contribution is 0.560. The van der Waals surface area contributed by atoms with E-state index in [9.17, 15) is 4.21 Å². The van der Waals surface area contributed by atoms with Crippen LogP contribution in [-0.4, -0.2) is 8.76 Å². The number of hydrogen-bond acceptors (Lipinski definition) is 2. The molecule has 0 aliphatic rings. The second kappa shape index (κ2) is 3.61. The van der Waals surface area contributed by atoms with Gasteiger partial charge in [0.2, 0.25) is 0 Å². The van der Waals surface area contributed by atoms with Crippen LogP contribution in [0.4, 0.5) is 0 Å². The zero-order chi connectivity index (χ0) is 11.0. The standard InChI is InChI=1S/C10H14O2S2/c1-10(2,3)8-4-6-9(7-5-8)14(11,12)13/h4-7H,1-3H3,(H,11,12,13). The minimum atomic E-state index is -3.23. The summed E-state index contributed by atoms with van der Waals surface area (Å²) < 4.78 is 20.2. The van der Waals surface area contributed by atoms with Crippen molar-refractivity contribution in [3.8, 4) is 0 Å². The zero-order valence-corrected chi connectivity index (χ0v) is 10.1. The molecule has 1 aromatic carbocycles. The highest BCUT2D eigenvalue weighted by molar-refractivity contribution is 8.29. The molecule has 0 aliphatic carbocycles. The lowest BCUT2D eigenvalue weighted by atomic mass is 9.87. The average Bonchev–Trinajstić information content (AvgIpc) is 2.01. The van der Waals surface area contributed by atoms with Crippen molar-refractivity contribution in [1.82, 2.24) is 0 Å². The Morgan fingerprint density at radius 1 is 1.21 bits per heavy atom. The van der Waals surface area contributed by atoms with Crippen molar-refractivity contribution >= 4 is 20.0 Å². The maximum atomic E-state index is 11.1. The Labute approximate surface area is 89.8 Å². The third kappa shape index (κ3) is 2.77. The molecule has 4 heteroatoms. The first-order chi connectivity index (χ1) is 6.21. The number of benzene rings is 1. The summed E-state index contributed by atoms with van der Waals surface area (Å²) in [6, 6.07) is 6.93. The molecule has 0 saturated heterocycles. The highest BCUT2D eigenvalue weighted by Crippen LogP contribution is 2.23. The topological polar surface area (TPSA) is 37.3 Å². The van der Waals surface area contributed by atoms with E-state index in [-0.39, 0.29) is 5.41 Å². The quantitative estimate of drug-likeness (QED) is 0.805. The van der Waals surface area contributed by atoms with Crippen molar-refractivity contribution in [2.24, 2.45) is 0 Å². The van der Waals surface area contributed by atoms with Crippen molar-refractivity contribution in [1.29, 1.82) is 0 Å². The highest BCUT2D eigenvalue weighted by Gasteiger charge is 2.14. The molecule has 2 nitrogen and oxygen atoms in total. The van der Waals surface area contributed by atoms with E-state index in [0.717, 1.165) is 5.56 Å². The second-order valence-corrected chi connectivity index (χ2v) is 7.03. The van der Waals surface area contributed by atoms with E-state index >= 15 is 0 Å². The van der Waals surface area contributed by atoms with E-state index in [2.05, 4.69) is 32.0 Å². The Kier molecular flexibility index (Phi) is 2.99. The first-order valence-electron chi connectivity index (χ1n) is 4.29. The molecular formula is C10H14O2S2. The van der Waals surface area contributed by atoms with Crippen LogP contribution in [0.1, 0.15) is 26.3 Å². The van der Waals surface area contributed by atoms with Gasteiger partial charge in [0.1, 0.15) is 0 Å². The molecule has 1 atom stereocenters. The maximum absolute atomic E-state index is 11.1. The molecule has 0 fully saturated rings. The fourth-order valence-electron chi connectivity index (χ4n) is 1.13. The third-order valence-electron chi connectivity index (χ3n) is 2.02. The number of hydrogen-bond donors (Lipinski definition) is 1. The fourth-order valence-corrected chi connectivity index (χ4v) is 1.94. The van der Waals surface area contributed by atoms with Crippen molar-refractivity contribution in [2.45, 2.75) is 31.1 Å². The highest BCUT2D eigenvalue weighted by atomic mass is 32.8. The van der Waals surface area contributed by atoms with Crippen LogP contribution in [0.5, 0.6) is 0 Å². The molecule has 1 N–H and O–H groups in total. The molecule has 0 heterocycles. The Hall–Kier alpha value is -0.450. The molecule has 0 aromatic heterocycles. The SMILES string of the molecule is CC(C)(C)c1ccc(S(=O)(O)=S)cc1. The fraction of sp³-hybridized carbons (Fsp3) is 0.400. The summed E-state index contributed by atoms with van der Waals surface area (Å²) in [5.74, 6) is 0. The number of rotatable bonds is 1. The Morgan fingerprint density at radius 2 is 1.64 bits per heavy atom. The molecule has 1 unspecified atom stereocenters. The van der Waals surface area contributed by atoms with Crippen molar-refractivity contribution in [3.63, 3.8) is 0 Å². The summed E-state index contributed by atoms with van der Waals surface area (Å²) in [4.78, 5) is 0.306. The van der Waals surface area contributed by atoms with Gasteiger partial charge in [0.05, 0.1) is 4.90 Å². The lowest BCUT2D eigenvalue weighted by Gasteiger charge is -2.18. The molecule has 0 bridgehead atoms. The van der Waals surface area contributed by atoms with Gasteiger partial charge >= 0.3 is 0 Å². The van der Waals surface area contributed by atoms with Crippen LogP contribution in [-0.2, 0) is 25.4 Å². The lowest BCUT2D eigenvalue weighted by Crippen LogP contribution is -2.11. The van der Waals surface area contributed by atoms with E-state index < -0.39 is 8.77 Å². The third-order valence-corrected chi connectivity index (χ3v) is 3.46. The van der Waals surface area contributed by atoms with Crippen LogP contribution in [0.3, 0.4) is 0 Å². The van der Waals surface area contributed by atoms with Crippen LogP contribution in [0, 0.1) is 0 Å². The first kappa shape index (κ1) is 11.6. The molecule has 0 amide bonds. The monoisotopic (exact) mass is 230 g/mol. The molecule has 0 radical (unpaired) electrons. The summed E-state index contributed by atoms with van der Waals surface area (Å²) in [6.45, 7) is 6.27. The van der Waals surface area contributed by atoms with Gasteiger partial charge in [-0.3, -0.25) is 0 Å². The van der Waals surface area contributed by atoms with Gasteiger partial charge in [-0.05, 0) is 23.1 Å². The first-order valence-corrected chi connectivity index (χ1v) is 6.73. The van der Waals surface area contributed by atoms with Gasteiger partial charge in [-0.25, -0.2) is 4.21 Å². The van der Waals surface area contributed by atoms with E-state index in [1.165, 1.54) is 0 Å². The van der Waals surface area contributed by atoms with Crippen LogP contribution in [0.15, 0.2) is 29.2 Å². The van der Waals surface area contributed by atoms with Crippen LogP contribution < -0.4 is 0 Å². The van der Waals surface area contributed by atoms with Gasteiger partial charge in [0.25, 0.3) is 0 Å². The molecular weight excluding hydrogens is 216 g/mol. The van der Waals surface area contributed by atoms with Crippen molar-refractivity contribution in [2.75, 3.05) is 0 Å². The molecule has 78 valence electrons. The summed E-state index contributed by atoms with van der Waals surface area (Å²) in [5, 5.41) is 0. The van der Waals surface area contributed by atoms with Crippen LogP contribution in [0.2, 0.25) is 0 Å². The summed E-state index contributed by atoms with van der Waals surface area (Å²) >= 11 is 4.47. The normalized spacial score (nSPS) is 16.3. The van der Waals surface area contributed by atoms with E-state index in [1.54, 1.807) is 12.1 Å². The van der Waals surface area contributed by atoms with Crippen molar-refractivity contribution < 1.29 is 8.76 Å². The summed E-state index contributed by atoms with van der Waals surface area (Å²) in [7, 11) is -3.23. The largest absolute Gasteiger partial charge is 0.302 e. The smallest absolute Gasteiger partial charge is 0.171 e. The summed E-state index contributed by atoms with van der Waals surface area (Å²) in [5.41, 5.74) is 1.18. The second-order valence-electron chi connectivity index (χ2n) is 4.25. The van der Waals surface area contributed by atoms with E-state index in [4.69, 9.17) is 4.55 Å². The van der Waals surface area contributed by atoms with Crippen LogP contribution in [0.25, 0.3) is 0 Å². The molecule has 0 spiro atoms. The predicted molar refractivity (Wildman–Crippen MR) is 61.5 cm³/mol. The van der Waals surface area contributed by atoms with E-state index in [0.29, 0.717) is 4.90 Å². The molecule has 14 heavy (non-hydrogen) atoms. The molecule has 1 aromatic rings. The Bertz CT molecular complexity index is 410. The van der Waals surface area contributed by atoms with Gasteiger partial charge < -0.3 is 4.55 Å². The predicted octanol–water partition coefficient (Wildman–Crippen LogP) is 2.56. The minimum absolute atomic E-state index is 0.0519. The molecule has 0 saturated carbocycles. The zero-order valence-electron chi connectivity index (χ0n) is 8.48. The van der Waals surface area contributed by atoms with Gasteiger partial charge in [0, 0.05) is 11.2 Å². The summed E-state index contributed by atoms with van der Waals surface area (Å²) in [6.07, 6.45) is 0. The van der Waals surface area contributed by atoms with Gasteiger partial charge in [-0.1, -0.05) is 32.9 Å². The van der Waals surface area contributed by atoms with Gasteiger partial charge in [0.15, 0.2) is 8.77 Å². The van der Waals surface area contributed by atoms with Crippen molar-refractivity contribution in [3.05, 3.63) is 29.8 Å². The van der Waals surface area contributed by atoms with E-state index in [1.807, 2.05) is 12.1 Å². The average molecular weight is 230 g/mol. The Morgan fingerprint density at radius 3 is 1.93 bits per heavy atom. The van der Waals surface area contributed by atoms with Crippen LogP contribution >= 0.6 is 0 Å². The minimum Gasteiger partial charge on any atom is -0.302 e. The molecule has 0 aliphatic heterocycles.